The second kappa shape index (κ2) is 2.91. The summed E-state index contributed by atoms with van der Waals surface area (Å²) in [5.74, 6) is 0. The molecule has 2 aromatic heterocycles. The smallest absolute Gasteiger partial charge is 0.178 e. The predicted molar refractivity (Wildman–Crippen MR) is 45.2 cm³/mol. The van der Waals surface area contributed by atoms with Crippen LogP contribution in [-0.4, -0.2) is 11.3 Å². The summed E-state index contributed by atoms with van der Waals surface area (Å²) in [5, 5.41) is 2.32. The standard InChI is InChI=1S/C8H5NO2S/c10-3-8-9-7(5-12-8)6-1-2-11-4-6/h1-5H. The molecule has 0 aliphatic carbocycles. The molecule has 0 bridgehead atoms. The molecule has 0 spiro atoms. The van der Waals surface area contributed by atoms with E-state index in [1.165, 1.54) is 11.3 Å². The number of nitrogens with zero attached hydrogens (tertiary/aromatic N) is 1. The quantitative estimate of drug-likeness (QED) is 0.664. The molecule has 0 unspecified atom stereocenters. The Balaban J connectivity index is 2.41. The van der Waals surface area contributed by atoms with Gasteiger partial charge in [-0.05, 0) is 6.07 Å². The van der Waals surface area contributed by atoms with Gasteiger partial charge in [-0.25, -0.2) is 4.98 Å². The molecule has 0 atom stereocenters. The summed E-state index contributed by atoms with van der Waals surface area (Å²) in [7, 11) is 0. The van der Waals surface area contributed by atoms with Crippen molar-refractivity contribution in [2.75, 3.05) is 0 Å². The zero-order valence-corrected chi connectivity index (χ0v) is 6.88. The summed E-state index contributed by atoms with van der Waals surface area (Å²) in [6.45, 7) is 0. The second-order valence-corrected chi connectivity index (χ2v) is 3.09. The van der Waals surface area contributed by atoms with Gasteiger partial charge >= 0.3 is 0 Å². The Morgan fingerprint density at radius 1 is 1.58 bits per heavy atom. The van der Waals surface area contributed by atoms with E-state index in [0.717, 1.165) is 17.5 Å². The largest absolute Gasteiger partial charge is 0.472 e. The second-order valence-electron chi connectivity index (χ2n) is 2.20. The number of rotatable bonds is 2. The number of carbonyl (C=O) groups is 1. The van der Waals surface area contributed by atoms with Crippen molar-refractivity contribution in [1.82, 2.24) is 4.98 Å². The number of thiazole rings is 1. The maximum Gasteiger partial charge on any atom is 0.178 e. The van der Waals surface area contributed by atoms with Crippen LogP contribution in [0.3, 0.4) is 0 Å². The van der Waals surface area contributed by atoms with E-state index in [4.69, 9.17) is 4.42 Å². The molecule has 0 amide bonds. The average molecular weight is 179 g/mol. The third-order valence-corrected chi connectivity index (χ3v) is 2.21. The fourth-order valence-electron chi connectivity index (χ4n) is 0.885. The van der Waals surface area contributed by atoms with Crippen molar-refractivity contribution in [3.63, 3.8) is 0 Å². The van der Waals surface area contributed by atoms with E-state index in [-0.39, 0.29) is 0 Å². The van der Waals surface area contributed by atoms with Gasteiger partial charge in [-0.3, -0.25) is 4.79 Å². The van der Waals surface area contributed by atoms with Crippen LogP contribution in [0.2, 0.25) is 0 Å². The highest BCUT2D eigenvalue weighted by Gasteiger charge is 2.03. The molecule has 0 fully saturated rings. The van der Waals surface area contributed by atoms with Crippen LogP contribution in [0.1, 0.15) is 9.80 Å². The first-order valence-corrected chi connectivity index (χ1v) is 4.21. The molecule has 0 aliphatic heterocycles. The van der Waals surface area contributed by atoms with Crippen LogP contribution >= 0.6 is 11.3 Å². The lowest BCUT2D eigenvalue weighted by Crippen LogP contribution is -1.76. The van der Waals surface area contributed by atoms with Crippen LogP contribution in [0.25, 0.3) is 11.3 Å². The van der Waals surface area contributed by atoms with Crippen molar-refractivity contribution in [3.8, 4) is 11.3 Å². The Hall–Kier alpha value is -1.42. The van der Waals surface area contributed by atoms with Crippen LogP contribution in [0.5, 0.6) is 0 Å². The SMILES string of the molecule is O=Cc1nc(-c2ccoc2)cs1. The molecular formula is C8H5NO2S. The number of hydrogen-bond acceptors (Lipinski definition) is 4. The highest BCUT2D eigenvalue weighted by Crippen LogP contribution is 2.20. The Morgan fingerprint density at radius 2 is 2.50 bits per heavy atom. The summed E-state index contributed by atoms with van der Waals surface area (Å²) in [4.78, 5) is 14.4. The molecule has 2 heterocycles. The van der Waals surface area contributed by atoms with Gasteiger partial charge in [0.1, 0.15) is 0 Å². The Bertz CT molecular complexity index is 377. The molecule has 0 saturated heterocycles. The van der Waals surface area contributed by atoms with Gasteiger partial charge in [-0.15, -0.1) is 11.3 Å². The fourth-order valence-corrected chi connectivity index (χ4v) is 1.51. The van der Waals surface area contributed by atoms with Crippen molar-refractivity contribution in [2.24, 2.45) is 0 Å². The molecule has 0 radical (unpaired) electrons. The minimum atomic E-state index is 0.492. The maximum atomic E-state index is 10.3. The highest BCUT2D eigenvalue weighted by molar-refractivity contribution is 7.11. The van der Waals surface area contributed by atoms with Crippen LogP contribution in [0.4, 0.5) is 0 Å². The van der Waals surface area contributed by atoms with Crippen molar-refractivity contribution in [2.45, 2.75) is 0 Å². The Morgan fingerprint density at radius 3 is 3.08 bits per heavy atom. The summed E-state index contributed by atoms with van der Waals surface area (Å²) >= 11 is 1.33. The van der Waals surface area contributed by atoms with Gasteiger partial charge in [0.2, 0.25) is 0 Å². The highest BCUT2D eigenvalue weighted by atomic mass is 32.1. The molecule has 12 heavy (non-hydrogen) atoms. The van der Waals surface area contributed by atoms with Crippen LogP contribution < -0.4 is 0 Å². The average Bonchev–Trinajstić information content (AvgIpc) is 2.75. The lowest BCUT2D eigenvalue weighted by Gasteiger charge is -1.83. The minimum Gasteiger partial charge on any atom is -0.472 e. The number of carbonyl (C=O) groups excluding carboxylic acids is 1. The number of furan rings is 1. The van der Waals surface area contributed by atoms with Crippen molar-refractivity contribution in [1.29, 1.82) is 0 Å². The third-order valence-electron chi connectivity index (χ3n) is 1.44. The minimum absolute atomic E-state index is 0.492. The van der Waals surface area contributed by atoms with E-state index < -0.39 is 0 Å². The Kier molecular flexibility index (Phi) is 1.75. The van der Waals surface area contributed by atoms with E-state index in [1.54, 1.807) is 12.5 Å². The van der Waals surface area contributed by atoms with Gasteiger partial charge in [-0.1, -0.05) is 0 Å². The number of aldehydes is 1. The first kappa shape index (κ1) is 7.24. The van der Waals surface area contributed by atoms with Crippen LogP contribution in [-0.2, 0) is 0 Å². The molecule has 0 aliphatic rings. The maximum absolute atomic E-state index is 10.3. The topological polar surface area (TPSA) is 43.1 Å². The van der Waals surface area contributed by atoms with Gasteiger partial charge in [0.15, 0.2) is 11.3 Å². The monoisotopic (exact) mass is 179 g/mol. The molecule has 0 saturated carbocycles. The number of hydrogen-bond donors (Lipinski definition) is 0. The normalized spacial score (nSPS) is 10.0. The molecule has 2 aromatic rings. The van der Waals surface area contributed by atoms with Gasteiger partial charge < -0.3 is 4.42 Å². The molecule has 0 N–H and O–H groups in total. The van der Waals surface area contributed by atoms with Crippen LogP contribution in [0.15, 0.2) is 28.4 Å². The first-order valence-electron chi connectivity index (χ1n) is 3.33. The lowest BCUT2D eigenvalue weighted by molar-refractivity contribution is 0.112. The van der Waals surface area contributed by atoms with Gasteiger partial charge in [0.25, 0.3) is 0 Å². The van der Waals surface area contributed by atoms with Crippen molar-refractivity contribution in [3.05, 3.63) is 29.0 Å². The van der Waals surface area contributed by atoms with E-state index in [9.17, 15) is 4.79 Å². The van der Waals surface area contributed by atoms with E-state index in [1.807, 2.05) is 11.4 Å². The lowest BCUT2D eigenvalue weighted by atomic mass is 10.3. The fraction of sp³-hybridized carbons (Fsp3) is 0. The van der Waals surface area contributed by atoms with Crippen molar-refractivity contribution >= 4 is 17.6 Å². The summed E-state index contributed by atoms with van der Waals surface area (Å²) in [6, 6.07) is 1.81. The summed E-state index contributed by atoms with van der Waals surface area (Å²) in [5.41, 5.74) is 1.69. The third kappa shape index (κ3) is 1.16. The summed E-state index contributed by atoms with van der Waals surface area (Å²) < 4.78 is 4.89. The van der Waals surface area contributed by atoms with Gasteiger partial charge in [-0.2, -0.15) is 0 Å². The summed E-state index contributed by atoms with van der Waals surface area (Å²) in [6.07, 6.45) is 3.92. The zero-order valence-electron chi connectivity index (χ0n) is 6.06. The van der Waals surface area contributed by atoms with E-state index in [2.05, 4.69) is 4.98 Å². The molecular weight excluding hydrogens is 174 g/mol. The Labute approximate surface area is 72.7 Å². The molecule has 60 valence electrons. The van der Waals surface area contributed by atoms with Crippen LogP contribution in [0, 0.1) is 0 Å². The zero-order chi connectivity index (χ0) is 8.39. The van der Waals surface area contributed by atoms with E-state index in [0.29, 0.717) is 5.01 Å². The van der Waals surface area contributed by atoms with Gasteiger partial charge in [0, 0.05) is 10.9 Å². The van der Waals surface area contributed by atoms with E-state index >= 15 is 0 Å². The molecule has 4 heteroatoms. The molecule has 2 rings (SSSR count). The molecule has 0 aromatic carbocycles. The number of aromatic nitrogens is 1. The first-order chi connectivity index (χ1) is 5.90. The van der Waals surface area contributed by atoms with Gasteiger partial charge in [0.05, 0.1) is 18.2 Å². The van der Waals surface area contributed by atoms with Crippen molar-refractivity contribution < 1.29 is 9.21 Å². The predicted octanol–water partition coefficient (Wildman–Crippen LogP) is 2.22. The molecule has 3 nitrogen and oxygen atoms in total.